The number of hydrogen-bond acceptors (Lipinski definition) is 5. The van der Waals surface area contributed by atoms with E-state index in [9.17, 15) is 0 Å². The van der Waals surface area contributed by atoms with Gasteiger partial charge in [0.1, 0.15) is 5.75 Å². The third-order valence-electron chi connectivity index (χ3n) is 3.03. The molecule has 106 valence electrons. The van der Waals surface area contributed by atoms with Crippen molar-refractivity contribution in [3.05, 3.63) is 29.8 Å². The van der Waals surface area contributed by atoms with Crippen molar-refractivity contribution in [1.82, 2.24) is 5.43 Å². The Morgan fingerprint density at radius 2 is 2.00 bits per heavy atom. The van der Waals surface area contributed by atoms with E-state index in [2.05, 4.69) is 5.43 Å². The molecule has 5 nitrogen and oxygen atoms in total. The van der Waals surface area contributed by atoms with Gasteiger partial charge in [0.25, 0.3) is 0 Å². The fraction of sp³-hybridized carbons (Fsp3) is 0.571. The molecule has 5 heteroatoms. The van der Waals surface area contributed by atoms with Crippen LogP contribution in [-0.2, 0) is 9.47 Å². The molecule has 1 fully saturated rings. The van der Waals surface area contributed by atoms with Gasteiger partial charge in [-0.25, -0.2) is 0 Å². The third-order valence-corrected chi connectivity index (χ3v) is 3.03. The van der Waals surface area contributed by atoms with Crippen LogP contribution in [0.15, 0.2) is 24.3 Å². The average Bonchev–Trinajstić information content (AvgIpc) is 3.24. The fourth-order valence-electron chi connectivity index (χ4n) is 1.74. The number of methoxy groups -OCH3 is 1. The predicted molar refractivity (Wildman–Crippen MR) is 72.9 cm³/mol. The van der Waals surface area contributed by atoms with Crippen molar-refractivity contribution in [3.63, 3.8) is 0 Å². The first-order valence-corrected chi connectivity index (χ1v) is 6.63. The van der Waals surface area contributed by atoms with E-state index in [1.54, 1.807) is 7.11 Å². The summed E-state index contributed by atoms with van der Waals surface area (Å²) in [7, 11) is 1.65. The summed E-state index contributed by atoms with van der Waals surface area (Å²) in [5, 5.41) is 0. The standard InChI is InChI=1S/C14H22N2O3/c1-17-8-9-18-10-14(16-15)11-2-4-12(5-3-11)19-13-6-7-13/h2-5,13-14,16H,6-10,15H2,1H3. The molecule has 2 rings (SSSR count). The molecule has 0 amide bonds. The summed E-state index contributed by atoms with van der Waals surface area (Å²) in [5.74, 6) is 6.47. The highest BCUT2D eigenvalue weighted by molar-refractivity contribution is 5.29. The van der Waals surface area contributed by atoms with E-state index in [-0.39, 0.29) is 6.04 Å². The van der Waals surface area contributed by atoms with Crippen molar-refractivity contribution in [1.29, 1.82) is 0 Å². The minimum Gasteiger partial charge on any atom is -0.490 e. The molecular weight excluding hydrogens is 244 g/mol. The van der Waals surface area contributed by atoms with Crippen molar-refractivity contribution in [3.8, 4) is 5.75 Å². The Labute approximate surface area is 114 Å². The van der Waals surface area contributed by atoms with Gasteiger partial charge in [-0.3, -0.25) is 11.3 Å². The van der Waals surface area contributed by atoms with E-state index in [0.29, 0.717) is 25.9 Å². The van der Waals surface area contributed by atoms with E-state index in [1.165, 1.54) is 12.8 Å². The first-order valence-electron chi connectivity index (χ1n) is 6.63. The van der Waals surface area contributed by atoms with Crippen molar-refractivity contribution >= 4 is 0 Å². The minimum atomic E-state index is -0.0215. The van der Waals surface area contributed by atoms with Crippen LogP contribution in [0.25, 0.3) is 0 Å². The maximum absolute atomic E-state index is 5.71. The Balaban J connectivity index is 1.82. The van der Waals surface area contributed by atoms with Gasteiger partial charge in [0.15, 0.2) is 0 Å². The highest BCUT2D eigenvalue weighted by atomic mass is 16.5. The molecule has 19 heavy (non-hydrogen) atoms. The predicted octanol–water partition coefficient (Wildman–Crippen LogP) is 1.40. The maximum Gasteiger partial charge on any atom is 0.119 e. The molecule has 1 saturated carbocycles. The molecule has 1 aliphatic rings. The summed E-state index contributed by atoms with van der Waals surface area (Å²) in [4.78, 5) is 0. The summed E-state index contributed by atoms with van der Waals surface area (Å²) in [6.45, 7) is 1.67. The monoisotopic (exact) mass is 266 g/mol. The number of hydrogen-bond donors (Lipinski definition) is 2. The van der Waals surface area contributed by atoms with Crippen LogP contribution in [0.5, 0.6) is 5.75 Å². The zero-order valence-electron chi connectivity index (χ0n) is 11.3. The topological polar surface area (TPSA) is 65.7 Å². The van der Waals surface area contributed by atoms with Crippen molar-refractivity contribution in [2.45, 2.75) is 25.0 Å². The average molecular weight is 266 g/mol. The van der Waals surface area contributed by atoms with E-state index in [4.69, 9.17) is 20.1 Å². The normalized spacial score (nSPS) is 16.3. The Morgan fingerprint density at radius 3 is 2.58 bits per heavy atom. The van der Waals surface area contributed by atoms with Crippen molar-refractivity contribution < 1.29 is 14.2 Å². The lowest BCUT2D eigenvalue weighted by atomic mass is 10.1. The second kappa shape index (κ2) is 7.45. The molecule has 1 unspecified atom stereocenters. The Morgan fingerprint density at radius 1 is 1.26 bits per heavy atom. The highest BCUT2D eigenvalue weighted by Crippen LogP contribution is 2.27. The summed E-state index contributed by atoms with van der Waals surface area (Å²) in [6.07, 6.45) is 2.76. The second-order valence-corrected chi connectivity index (χ2v) is 4.67. The van der Waals surface area contributed by atoms with Crippen LogP contribution in [0.1, 0.15) is 24.4 Å². The molecule has 1 aromatic carbocycles. The van der Waals surface area contributed by atoms with Crippen LogP contribution in [0.4, 0.5) is 0 Å². The Bertz CT molecular complexity index is 365. The molecule has 1 atom stereocenters. The summed E-state index contributed by atoms with van der Waals surface area (Å²) >= 11 is 0. The smallest absolute Gasteiger partial charge is 0.119 e. The third kappa shape index (κ3) is 4.80. The van der Waals surface area contributed by atoms with Gasteiger partial charge in [0.2, 0.25) is 0 Å². The van der Waals surface area contributed by atoms with Gasteiger partial charge in [0.05, 0.1) is 32.0 Å². The number of ether oxygens (including phenoxy) is 3. The van der Waals surface area contributed by atoms with Gasteiger partial charge in [-0.2, -0.15) is 0 Å². The quantitative estimate of drug-likeness (QED) is 0.402. The maximum atomic E-state index is 5.71. The Kier molecular flexibility index (Phi) is 5.60. The van der Waals surface area contributed by atoms with Gasteiger partial charge < -0.3 is 14.2 Å². The van der Waals surface area contributed by atoms with Crippen LogP contribution in [0.2, 0.25) is 0 Å². The molecule has 3 N–H and O–H groups in total. The molecule has 0 spiro atoms. The molecule has 0 saturated heterocycles. The highest BCUT2D eigenvalue weighted by Gasteiger charge is 2.23. The summed E-state index contributed by atoms with van der Waals surface area (Å²) < 4.78 is 16.1. The number of nitrogens with one attached hydrogen (secondary N) is 1. The largest absolute Gasteiger partial charge is 0.490 e. The molecule has 0 aliphatic heterocycles. The lowest BCUT2D eigenvalue weighted by Crippen LogP contribution is -2.31. The SMILES string of the molecule is COCCOCC(NN)c1ccc(OC2CC2)cc1. The van der Waals surface area contributed by atoms with Crippen LogP contribution in [0.3, 0.4) is 0 Å². The van der Waals surface area contributed by atoms with E-state index in [0.717, 1.165) is 11.3 Å². The molecule has 0 radical (unpaired) electrons. The molecule has 0 bridgehead atoms. The number of rotatable bonds is 9. The van der Waals surface area contributed by atoms with Gasteiger partial charge in [-0.05, 0) is 30.5 Å². The van der Waals surface area contributed by atoms with Gasteiger partial charge in [-0.15, -0.1) is 0 Å². The first kappa shape index (κ1) is 14.3. The zero-order chi connectivity index (χ0) is 13.5. The summed E-state index contributed by atoms with van der Waals surface area (Å²) in [6, 6.07) is 7.97. The minimum absolute atomic E-state index is 0.0215. The van der Waals surface area contributed by atoms with Gasteiger partial charge >= 0.3 is 0 Å². The second-order valence-electron chi connectivity index (χ2n) is 4.67. The van der Waals surface area contributed by atoms with E-state index < -0.39 is 0 Å². The van der Waals surface area contributed by atoms with Crippen LogP contribution >= 0.6 is 0 Å². The van der Waals surface area contributed by atoms with E-state index in [1.807, 2.05) is 24.3 Å². The van der Waals surface area contributed by atoms with Crippen molar-refractivity contribution in [2.24, 2.45) is 5.84 Å². The lowest BCUT2D eigenvalue weighted by Gasteiger charge is -2.17. The number of nitrogens with two attached hydrogens (primary N) is 1. The van der Waals surface area contributed by atoms with Crippen LogP contribution < -0.4 is 16.0 Å². The van der Waals surface area contributed by atoms with Crippen molar-refractivity contribution in [2.75, 3.05) is 26.9 Å². The number of benzene rings is 1. The Hall–Kier alpha value is -1.14. The zero-order valence-corrected chi connectivity index (χ0v) is 11.3. The molecular formula is C14H22N2O3. The first-order chi connectivity index (χ1) is 9.33. The van der Waals surface area contributed by atoms with E-state index >= 15 is 0 Å². The van der Waals surface area contributed by atoms with Crippen LogP contribution in [0, 0.1) is 0 Å². The molecule has 1 aromatic rings. The summed E-state index contributed by atoms with van der Waals surface area (Å²) in [5.41, 5.74) is 3.85. The lowest BCUT2D eigenvalue weighted by molar-refractivity contribution is 0.0586. The molecule has 0 aromatic heterocycles. The number of hydrazine groups is 1. The van der Waals surface area contributed by atoms with Gasteiger partial charge in [-0.1, -0.05) is 12.1 Å². The van der Waals surface area contributed by atoms with Crippen LogP contribution in [-0.4, -0.2) is 33.0 Å². The molecule has 0 heterocycles. The fourth-order valence-corrected chi connectivity index (χ4v) is 1.74. The molecule has 1 aliphatic carbocycles. The van der Waals surface area contributed by atoms with Gasteiger partial charge in [0, 0.05) is 7.11 Å².